The third-order valence-electron chi connectivity index (χ3n) is 2.66. The van der Waals surface area contributed by atoms with Gasteiger partial charge < -0.3 is 9.73 Å². The van der Waals surface area contributed by atoms with Crippen LogP contribution in [0.1, 0.15) is 11.6 Å². The lowest BCUT2D eigenvalue weighted by molar-refractivity contribution is 0.544. The second-order valence-corrected chi connectivity index (χ2v) is 4.05. The summed E-state index contributed by atoms with van der Waals surface area (Å²) >= 11 is 0. The third-order valence-corrected chi connectivity index (χ3v) is 2.66. The zero-order chi connectivity index (χ0) is 12.5. The van der Waals surface area contributed by atoms with Crippen LogP contribution in [0.3, 0.4) is 0 Å². The van der Waals surface area contributed by atoms with Crippen molar-refractivity contribution in [3.63, 3.8) is 0 Å². The molecule has 3 aromatic rings. The van der Waals surface area contributed by atoms with Crippen molar-refractivity contribution in [1.82, 2.24) is 25.1 Å². The molecule has 0 unspecified atom stereocenters. The summed E-state index contributed by atoms with van der Waals surface area (Å²) in [6.07, 6.45) is 0. The summed E-state index contributed by atoms with van der Waals surface area (Å²) in [5, 5.41) is 15.7. The number of fused-ring (bicyclic) bond motifs is 1. The summed E-state index contributed by atoms with van der Waals surface area (Å²) in [6, 6.07) is 7.59. The van der Waals surface area contributed by atoms with E-state index in [9.17, 15) is 0 Å². The van der Waals surface area contributed by atoms with Crippen molar-refractivity contribution < 1.29 is 4.42 Å². The molecular formula is C12H13N5O. The van der Waals surface area contributed by atoms with Gasteiger partial charge in [-0.2, -0.15) is 9.61 Å². The molecule has 18 heavy (non-hydrogen) atoms. The van der Waals surface area contributed by atoms with E-state index in [1.165, 1.54) is 0 Å². The van der Waals surface area contributed by atoms with E-state index in [1.807, 2.05) is 38.2 Å². The van der Waals surface area contributed by atoms with Gasteiger partial charge in [0, 0.05) is 0 Å². The lowest BCUT2D eigenvalue weighted by Gasteiger charge is -2.00. The minimum atomic E-state index is 0.620. The fraction of sp³-hybridized carbons (Fsp3) is 0.250. The summed E-state index contributed by atoms with van der Waals surface area (Å²) in [5.74, 6) is 2.39. The van der Waals surface area contributed by atoms with Crippen LogP contribution in [0.15, 0.2) is 28.7 Å². The van der Waals surface area contributed by atoms with Gasteiger partial charge in [-0.1, -0.05) is 0 Å². The summed E-state index contributed by atoms with van der Waals surface area (Å²) in [5.41, 5.74) is 1.50. The maximum absolute atomic E-state index is 5.56. The summed E-state index contributed by atoms with van der Waals surface area (Å²) in [6.45, 7) is 2.53. The molecule has 0 aromatic carbocycles. The molecule has 92 valence electrons. The predicted octanol–water partition coefficient (Wildman–Crippen LogP) is 1.41. The molecule has 6 nitrogen and oxygen atoms in total. The van der Waals surface area contributed by atoms with Crippen molar-refractivity contribution in [2.45, 2.75) is 13.5 Å². The molecule has 0 saturated carbocycles. The zero-order valence-electron chi connectivity index (χ0n) is 10.2. The average molecular weight is 243 g/mol. The normalized spacial score (nSPS) is 11.2. The fourth-order valence-electron chi connectivity index (χ4n) is 1.81. The fourth-order valence-corrected chi connectivity index (χ4v) is 1.81. The van der Waals surface area contributed by atoms with Gasteiger partial charge in [0.15, 0.2) is 17.2 Å². The Morgan fingerprint density at radius 2 is 2.11 bits per heavy atom. The Bertz CT molecular complexity index is 685. The molecule has 0 fully saturated rings. The molecular weight excluding hydrogens is 230 g/mol. The van der Waals surface area contributed by atoms with E-state index in [1.54, 1.807) is 4.52 Å². The highest BCUT2D eigenvalue weighted by Crippen LogP contribution is 2.19. The highest BCUT2D eigenvalue weighted by atomic mass is 16.3. The minimum absolute atomic E-state index is 0.620. The second kappa shape index (κ2) is 4.23. The van der Waals surface area contributed by atoms with E-state index in [-0.39, 0.29) is 0 Å². The standard InChI is InChI=1S/C12H13N5O/c1-8-3-5-10(18-8)9-4-6-11-14-15-12(7-13-2)17(11)16-9/h3-6,13H,7H2,1-2H3. The highest BCUT2D eigenvalue weighted by molar-refractivity contribution is 5.54. The van der Waals surface area contributed by atoms with Crippen LogP contribution in [-0.2, 0) is 6.54 Å². The highest BCUT2D eigenvalue weighted by Gasteiger charge is 2.09. The predicted molar refractivity (Wildman–Crippen MR) is 66.0 cm³/mol. The monoisotopic (exact) mass is 243 g/mol. The molecule has 0 radical (unpaired) electrons. The van der Waals surface area contributed by atoms with Crippen LogP contribution in [0.5, 0.6) is 0 Å². The Balaban J connectivity index is 2.11. The number of hydrogen-bond donors (Lipinski definition) is 1. The summed E-state index contributed by atoms with van der Waals surface area (Å²) in [4.78, 5) is 0. The van der Waals surface area contributed by atoms with E-state index in [0.717, 1.165) is 28.7 Å². The Kier molecular flexibility index (Phi) is 2.56. The van der Waals surface area contributed by atoms with Crippen LogP contribution in [0.4, 0.5) is 0 Å². The van der Waals surface area contributed by atoms with E-state index in [0.29, 0.717) is 6.54 Å². The van der Waals surface area contributed by atoms with Gasteiger partial charge in [-0.15, -0.1) is 10.2 Å². The van der Waals surface area contributed by atoms with Crippen molar-refractivity contribution in [2.75, 3.05) is 7.05 Å². The first-order chi connectivity index (χ1) is 8.78. The van der Waals surface area contributed by atoms with Crippen molar-refractivity contribution >= 4 is 5.65 Å². The van der Waals surface area contributed by atoms with Gasteiger partial charge in [0.05, 0.1) is 6.54 Å². The largest absolute Gasteiger partial charge is 0.460 e. The number of nitrogens with one attached hydrogen (secondary N) is 1. The molecule has 6 heteroatoms. The molecule has 0 spiro atoms. The summed E-state index contributed by atoms with van der Waals surface area (Å²) in [7, 11) is 1.86. The quantitative estimate of drug-likeness (QED) is 0.753. The smallest absolute Gasteiger partial charge is 0.178 e. The Morgan fingerprint density at radius 1 is 1.22 bits per heavy atom. The summed E-state index contributed by atoms with van der Waals surface area (Å²) < 4.78 is 7.29. The SMILES string of the molecule is CNCc1nnc2ccc(-c3ccc(C)o3)nn12. The number of nitrogens with zero attached hydrogens (tertiary/aromatic N) is 4. The maximum Gasteiger partial charge on any atom is 0.178 e. The van der Waals surface area contributed by atoms with Crippen LogP contribution < -0.4 is 5.32 Å². The lowest BCUT2D eigenvalue weighted by Crippen LogP contribution is -2.10. The Hall–Kier alpha value is -2.21. The first-order valence-corrected chi connectivity index (χ1v) is 5.70. The first-order valence-electron chi connectivity index (χ1n) is 5.70. The Labute approximate surface area is 104 Å². The number of aromatic nitrogens is 4. The van der Waals surface area contributed by atoms with Gasteiger partial charge in [-0.3, -0.25) is 0 Å². The van der Waals surface area contributed by atoms with Crippen molar-refractivity contribution in [2.24, 2.45) is 0 Å². The number of aryl methyl sites for hydroxylation is 1. The molecule has 3 aromatic heterocycles. The lowest BCUT2D eigenvalue weighted by atomic mass is 10.3. The molecule has 0 saturated heterocycles. The number of furan rings is 1. The van der Waals surface area contributed by atoms with Gasteiger partial charge in [0.25, 0.3) is 0 Å². The topological polar surface area (TPSA) is 68.2 Å². The Morgan fingerprint density at radius 3 is 2.83 bits per heavy atom. The number of hydrogen-bond acceptors (Lipinski definition) is 5. The molecule has 0 aliphatic heterocycles. The van der Waals surface area contributed by atoms with Gasteiger partial charge in [-0.25, -0.2) is 0 Å². The molecule has 0 aliphatic carbocycles. The molecule has 3 heterocycles. The van der Waals surface area contributed by atoms with Crippen LogP contribution in [0.25, 0.3) is 17.1 Å². The molecule has 0 bridgehead atoms. The van der Waals surface area contributed by atoms with E-state index in [2.05, 4.69) is 20.6 Å². The van der Waals surface area contributed by atoms with Gasteiger partial charge in [0.1, 0.15) is 11.5 Å². The maximum atomic E-state index is 5.56. The number of rotatable bonds is 3. The zero-order valence-corrected chi connectivity index (χ0v) is 10.2. The van der Waals surface area contributed by atoms with Crippen molar-refractivity contribution in [3.8, 4) is 11.5 Å². The molecule has 0 aliphatic rings. The average Bonchev–Trinajstić information content (AvgIpc) is 2.96. The second-order valence-electron chi connectivity index (χ2n) is 4.05. The molecule has 0 amide bonds. The first kappa shape index (κ1) is 10.9. The van der Waals surface area contributed by atoms with Gasteiger partial charge in [-0.05, 0) is 38.2 Å². The molecule has 0 atom stereocenters. The molecule has 3 rings (SSSR count). The van der Waals surface area contributed by atoms with E-state index >= 15 is 0 Å². The minimum Gasteiger partial charge on any atom is -0.460 e. The van der Waals surface area contributed by atoms with Crippen molar-refractivity contribution in [1.29, 1.82) is 0 Å². The third kappa shape index (κ3) is 1.76. The van der Waals surface area contributed by atoms with Crippen molar-refractivity contribution in [3.05, 3.63) is 35.9 Å². The van der Waals surface area contributed by atoms with Gasteiger partial charge >= 0.3 is 0 Å². The van der Waals surface area contributed by atoms with Crippen LogP contribution in [0, 0.1) is 6.92 Å². The van der Waals surface area contributed by atoms with E-state index in [4.69, 9.17) is 4.42 Å². The van der Waals surface area contributed by atoms with Gasteiger partial charge in [0.2, 0.25) is 0 Å². The van der Waals surface area contributed by atoms with E-state index < -0.39 is 0 Å². The van der Waals surface area contributed by atoms with Crippen LogP contribution >= 0.6 is 0 Å². The van der Waals surface area contributed by atoms with Crippen LogP contribution in [-0.4, -0.2) is 26.9 Å². The molecule has 1 N–H and O–H groups in total. The van der Waals surface area contributed by atoms with Crippen LogP contribution in [0.2, 0.25) is 0 Å².